The fourth-order valence-corrected chi connectivity index (χ4v) is 10.7. The van der Waals surface area contributed by atoms with Crippen molar-refractivity contribution in [2.45, 2.75) is 39.2 Å². The molecule has 9 rings (SSSR count). The zero-order valence-electron chi connectivity index (χ0n) is 29.2. The third kappa shape index (κ3) is 4.70. The monoisotopic (exact) mass is 746 g/mol. The average molecular weight is 747 g/mol. The van der Waals surface area contributed by atoms with Crippen LogP contribution in [0.25, 0.3) is 26.7 Å². The van der Waals surface area contributed by atoms with E-state index >= 15 is 0 Å². The van der Waals surface area contributed by atoms with Gasteiger partial charge in [0.2, 0.25) is 23.6 Å². The molecule has 2 aliphatic carbocycles. The zero-order chi connectivity index (χ0) is 37.1. The molecule has 53 heavy (non-hydrogen) atoms. The number of anilines is 2. The van der Waals surface area contributed by atoms with E-state index in [4.69, 9.17) is 21.1 Å². The van der Waals surface area contributed by atoms with E-state index in [9.17, 15) is 24.3 Å². The van der Waals surface area contributed by atoms with Crippen molar-refractivity contribution in [3.63, 3.8) is 0 Å². The van der Waals surface area contributed by atoms with Crippen molar-refractivity contribution in [2.75, 3.05) is 9.80 Å². The number of halogens is 1. The molecule has 0 radical (unpaired) electrons. The van der Waals surface area contributed by atoms with Gasteiger partial charge < -0.3 is 9.52 Å². The third-order valence-electron chi connectivity index (χ3n) is 12.0. The topological polar surface area (TPSA) is 126 Å². The van der Waals surface area contributed by atoms with Gasteiger partial charge >= 0.3 is 0 Å². The molecule has 6 atom stereocenters. The average Bonchev–Trinajstić information content (AvgIpc) is 3.95. The quantitative estimate of drug-likeness (QED) is 0.142. The van der Waals surface area contributed by atoms with E-state index in [-0.39, 0.29) is 30.7 Å². The lowest BCUT2D eigenvalue weighted by molar-refractivity contribution is -0.131. The zero-order valence-corrected chi connectivity index (χ0v) is 30.8. The molecular formula is C41H35ClN4O6S. The van der Waals surface area contributed by atoms with Gasteiger partial charge in [0.25, 0.3) is 0 Å². The number of hydrogen-bond donors (Lipinski definition) is 1. The first-order chi connectivity index (χ1) is 25.5. The molecule has 12 heteroatoms. The minimum absolute atomic E-state index is 0.206. The number of rotatable bonds is 6. The first kappa shape index (κ1) is 33.7. The van der Waals surface area contributed by atoms with E-state index in [0.717, 1.165) is 31.7 Å². The summed E-state index contributed by atoms with van der Waals surface area (Å²) in [5.41, 5.74) is 2.49. The lowest BCUT2D eigenvalue weighted by Gasteiger charge is -2.48. The van der Waals surface area contributed by atoms with Crippen molar-refractivity contribution in [3.05, 3.63) is 107 Å². The van der Waals surface area contributed by atoms with Crippen molar-refractivity contribution in [1.29, 1.82) is 0 Å². The first-order valence-corrected chi connectivity index (χ1v) is 18.8. The number of hydrogen-bond acceptors (Lipinski definition) is 8. The fourth-order valence-electron chi connectivity index (χ4n) is 9.40. The van der Waals surface area contributed by atoms with E-state index in [1.807, 2.05) is 43.3 Å². The maximum absolute atomic E-state index is 15.0. The summed E-state index contributed by atoms with van der Waals surface area (Å²) in [4.78, 5) is 61.5. The van der Waals surface area contributed by atoms with E-state index < -0.39 is 40.9 Å². The molecule has 1 saturated carbocycles. The van der Waals surface area contributed by atoms with Crippen LogP contribution in [0.15, 0.2) is 83.3 Å². The van der Waals surface area contributed by atoms with Crippen LogP contribution in [-0.2, 0) is 32.8 Å². The van der Waals surface area contributed by atoms with Gasteiger partial charge in [-0.2, -0.15) is 5.10 Å². The molecule has 0 spiro atoms. The predicted octanol–water partition coefficient (Wildman–Crippen LogP) is 7.43. The molecule has 268 valence electrons. The van der Waals surface area contributed by atoms with Gasteiger partial charge in [-0.3, -0.25) is 28.8 Å². The number of nitrogens with zero attached hydrogens (tertiary/aromatic N) is 4. The Kier molecular flexibility index (Phi) is 7.61. The van der Waals surface area contributed by atoms with Crippen molar-refractivity contribution < 1.29 is 28.7 Å². The van der Waals surface area contributed by atoms with Crippen LogP contribution in [0.5, 0.6) is 0 Å². The molecule has 6 unspecified atom stereocenters. The summed E-state index contributed by atoms with van der Waals surface area (Å²) in [5, 5.41) is 16.4. The second-order valence-electron chi connectivity index (χ2n) is 14.6. The second kappa shape index (κ2) is 12.0. The predicted molar refractivity (Wildman–Crippen MR) is 202 cm³/mol. The first-order valence-electron chi connectivity index (χ1n) is 17.6. The Bertz CT molecular complexity index is 2460. The van der Waals surface area contributed by atoms with Crippen LogP contribution in [0, 0.1) is 36.0 Å². The van der Waals surface area contributed by atoms with E-state index in [1.54, 1.807) is 66.4 Å². The maximum Gasteiger partial charge on any atom is 0.242 e. The molecule has 4 aliphatic rings. The molecule has 2 aliphatic heterocycles. The number of fused-ring (bicyclic) bond motifs is 5. The van der Waals surface area contributed by atoms with Crippen LogP contribution in [0.1, 0.15) is 48.3 Å². The van der Waals surface area contributed by atoms with Gasteiger partial charge in [-0.05, 0) is 91.6 Å². The molecule has 2 aromatic carbocycles. The molecule has 5 aromatic rings. The molecule has 4 amide bonds. The normalized spacial score (nSPS) is 26.7. The van der Waals surface area contributed by atoms with Crippen LogP contribution in [0.4, 0.5) is 11.5 Å². The summed E-state index contributed by atoms with van der Waals surface area (Å²) >= 11 is 7.87. The van der Waals surface area contributed by atoms with Gasteiger partial charge in [-0.15, -0.1) is 11.3 Å². The third-order valence-corrected chi connectivity index (χ3v) is 13.5. The Morgan fingerprint density at radius 3 is 2.51 bits per heavy atom. The minimum Gasteiger partial charge on any atom is -0.463 e. The summed E-state index contributed by atoms with van der Waals surface area (Å²) in [7, 11) is 1.71. The molecule has 3 fully saturated rings. The number of allylic oxidation sites excluding steroid dienone is 2. The Balaban J connectivity index is 1.13. The van der Waals surface area contributed by atoms with Crippen molar-refractivity contribution in [1.82, 2.24) is 9.78 Å². The number of carbonyl (C=O) groups excluding carboxylic acids is 4. The van der Waals surface area contributed by atoms with E-state index in [0.29, 0.717) is 40.2 Å². The standard InChI is InChI=1S/C41H35ClN4O6S/c1-5-21-6-9-23(10-7-21)45-37(48)26-13-12-25-28(34(26)39(45)50)17-29-38(49)46(40(51)41(29,3)35(25)31-14-11-24(19-47)52-31)33-18-30(43-44(33)4)36-20(2)27-16-22(42)8-15-32(27)53-36/h5-12,14-16,18,26,28-29,34-35,47H,1,13,17,19H2,2-4H3. The van der Waals surface area contributed by atoms with Gasteiger partial charge in [0.15, 0.2) is 0 Å². The largest absolute Gasteiger partial charge is 0.463 e. The van der Waals surface area contributed by atoms with Crippen LogP contribution in [0.2, 0.25) is 5.02 Å². The van der Waals surface area contributed by atoms with E-state index in [2.05, 4.69) is 6.58 Å². The Morgan fingerprint density at radius 2 is 1.79 bits per heavy atom. The smallest absolute Gasteiger partial charge is 0.242 e. The summed E-state index contributed by atoms with van der Waals surface area (Å²) in [6, 6.07) is 18.0. The van der Waals surface area contributed by atoms with Gasteiger partial charge in [0.05, 0.1) is 39.7 Å². The number of aliphatic hydroxyl groups excluding tert-OH is 1. The molecule has 2 saturated heterocycles. The summed E-state index contributed by atoms with van der Waals surface area (Å²) < 4.78 is 8.77. The van der Waals surface area contributed by atoms with Gasteiger partial charge in [-0.1, -0.05) is 48.0 Å². The van der Waals surface area contributed by atoms with Crippen molar-refractivity contribution in [2.24, 2.45) is 36.1 Å². The Labute approximate surface area is 313 Å². The second-order valence-corrected chi connectivity index (χ2v) is 16.1. The van der Waals surface area contributed by atoms with Gasteiger partial charge in [0, 0.05) is 22.8 Å². The van der Waals surface area contributed by atoms with Crippen molar-refractivity contribution in [3.8, 4) is 10.6 Å². The summed E-state index contributed by atoms with van der Waals surface area (Å²) in [5.74, 6) is -3.66. The SMILES string of the molecule is C=Cc1ccc(N2C(=O)C3CC=C4C(CC5C(=O)N(c6cc(-c7sc8ccc(Cl)cc8c7C)nn6C)C(=O)C5(C)C4c4ccc(CO)o4)C3C2=O)cc1. The number of aromatic nitrogens is 2. The number of amides is 4. The lowest BCUT2D eigenvalue weighted by atomic mass is 9.52. The highest BCUT2D eigenvalue weighted by atomic mass is 35.5. The molecule has 10 nitrogen and oxygen atoms in total. The minimum atomic E-state index is -1.29. The molecule has 3 aromatic heterocycles. The number of aryl methyl sites for hydroxylation is 2. The number of imide groups is 2. The number of thiophene rings is 1. The van der Waals surface area contributed by atoms with Gasteiger partial charge in [-0.25, -0.2) is 4.90 Å². The Hall–Kier alpha value is -5.10. The highest BCUT2D eigenvalue weighted by molar-refractivity contribution is 7.22. The maximum atomic E-state index is 15.0. The van der Waals surface area contributed by atoms with Crippen LogP contribution >= 0.6 is 22.9 Å². The highest BCUT2D eigenvalue weighted by Gasteiger charge is 2.68. The number of carbonyl (C=O) groups is 4. The van der Waals surface area contributed by atoms with Crippen molar-refractivity contribution >= 4 is 74.2 Å². The number of furan rings is 1. The molecule has 0 bridgehead atoms. The highest BCUT2D eigenvalue weighted by Crippen LogP contribution is 2.64. The number of aliphatic hydroxyl groups is 1. The summed E-state index contributed by atoms with van der Waals surface area (Å²) in [6.07, 6.45) is 4.19. The Morgan fingerprint density at radius 1 is 1.02 bits per heavy atom. The van der Waals surface area contributed by atoms with Crippen LogP contribution < -0.4 is 9.80 Å². The molecular weight excluding hydrogens is 712 g/mol. The van der Waals surface area contributed by atoms with E-state index in [1.165, 1.54) is 9.80 Å². The van der Waals surface area contributed by atoms with Crippen LogP contribution in [0.3, 0.4) is 0 Å². The summed E-state index contributed by atoms with van der Waals surface area (Å²) in [6.45, 7) is 7.26. The van der Waals surface area contributed by atoms with Gasteiger partial charge in [0.1, 0.15) is 29.6 Å². The fraction of sp³-hybridized carbons (Fsp3) is 0.293. The lowest BCUT2D eigenvalue weighted by Crippen LogP contribution is -2.48. The molecule has 5 heterocycles. The molecule has 1 N–H and O–H groups in total. The number of benzene rings is 2. The van der Waals surface area contributed by atoms with Crippen LogP contribution in [-0.4, -0.2) is 38.5 Å².